The van der Waals surface area contributed by atoms with E-state index < -0.39 is 0 Å². The Bertz CT molecular complexity index is 572. The number of nitrogens with zero attached hydrogens (tertiary/aromatic N) is 2. The molecule has 1 heterocycles. The van der Waals surface area contributed by atoms with Crippen LogP contribution < -0.4 is 0 Å². The highest BCUT2D eigenvalue weighted by Crippen LogP contribution is 2.34. The molecule has 0 aliphatic rings. The van der Waals surface area contributed by atoms with Gasteiger partial charge in [-0.15, -0.1) is 23.5 Å². The highest BCUT2D eigenvalue weighted by molar-refractivity contribution is 8.17. The molecule has 0 saturated carbocycles. The molecule has 0 bridgehead atoms. The first-order valence-corrected chi connectivity index (χ1v) is 13.1. The number of hydrogen-bond donors (Lipinski definition) is 0. The van der Waals surface area contributed by atoms with E-state index in [0.717, 1.165) is 6.54 Å². The van der Waals surface area contributed by atoms with Crippen molar-refractivity contribution >= 4 is 23.5 Å². The monoisotopic (exact) mass is 418 g/mol. The van der Waals surface area contributed by atoms with E-state index in [1.54, 1.807) is 0 Å². The van der Waals surface area contributed by atoms with Gasteiger partial charge in [-0.2, -0.15) is 0 Å². The number of aromatic nitrogens is 2. The normalized spacial score (nSPS) is 12.3. The molecule has 4 heteroatoms. The van der Waals surface area contributed by atoms with Gasteiger partial charge in [0.2, 0.25) is 0 Å². The van der Waals surface area contributed by atoms with Gasteiger partial charge in [0, 0.05) is 23.8 Å². The van der Waals surface area contributed by atoms with Crippen LogP contribution in [0, 0.1) is 0 Å². The van der Waals surface area contributed by atoms with Crippen LogP contribution in [0.3, 0.4) is 0 Å². The summed E-state index contributed by atoms with van der Waals surface area (Å²) in [4.78, 5) is 5.55. The highest BCUT2D eigenvalue weighted by atomic mass is 32.2. The summed E-state index contributed by atoms with van der Waals surface area (Å²) in [6.45, 7) is 3.34. The summed E-state index contributed by atoms with van der Waals surface area (Å²) in [7, 11) is 0. The second kappa shape index (κ2) is 16.0. The molecule has 1 aromatic carbocycles. The number of benzene rings is 1. The van der Waals surface area contributed by atoms with E-state index in [0.29, 0.717) is 4.58 Å². The third-order valence-corrected chi connectivity index (χ3v) is 7.87. The lowest BCUT2D eigenvalue weighted by Crippen LogP contribution is -2.05. The van der Waals surface area contributed by atoms with Crippen LogP contribution in [0.1, 0.15) is 77.6 Å². The van der Waals surface area contributed by atoms with Crippen molar-refractivity contribution in [3.8, 4) is 0 Å². The zero-order chi connectivity index (χ0) is 19.7. The van der Waals surface area contributed by atoms with Crippen molar-refractivity contribution in [2.24, 2.45) is 0 Å². The molecule has 0 fully saturated rings. The summed E-state index contributed by atoms with van der Waals surface area (Å²) >= 11 is 4.17. The van der Waals surface area contributed by atoms with Gasteiger partial charge in [-0.1, -0.05) is 82.9 Å². The number of thioether (sulfide) groups is 2. The van der Waals surface area contributed by atoms with Crippen molar-refractivity contribution in [3.05, 3.63) is 49.1 Å². The van der Waals surface area contributed by atoms with E-state index in [1.165, 1.54) is 81.3 Å². The standard InChI is InChI=1S/C24H38N2S2/c1-2-3-4-5-6-7-8-9-10-14-21-27-24(17-19-26-20-18-25-22-26)28-23-15-12-11-13-16-23/h11-13,15-16,18,20,22,24H,2-10,14,17,19,21H2,1H3. The van der Waals surface area contributed by atoms with E-state index in [1.807, 2.05) is 24.3 Å². The molecule has 0 radical (unpaired) electrons. The quantitative estimate of drug-likeness (QED) is 0.147. The van der Waals surface area contributed by atoms with Gasteiger partial charge >= 0.3 is 0 Å². The van der Waals surface area contributed by atoms with Crippen LogP contribution in [0.15, 0.2) is 53.9 Å². The zero-order valence-electron chi connectivity index (χ0n) is 17.6. The number of unbranched alkanes of at least 4 members (excludes halogenated alkanes) is 9. The summed E-state index contributed by atoms with van der Waals surface area (Å²) < 4.78 is 2.81. The maximum Gasteiger partial charge on any atom is 0.0945 e. The molecular formula is C24H38N2S2. The van der Waals surface area contributed by atoms with Gasteiger partial charge in [-0.05, 0) is 30.7 Å². The van der Waals surface area contributed by atoms with Crippen LogP contribution >= 0.6 is 23.5 Å². The van der Waals surface area contributed by atoms with Crippen molar-refractivity contribution in [2.75, 3.05) is 5.75 Å². The molecule has 0 aliphatic heterocycles. The Hall–Kier alpha value is -0.870. The molecular weight excluding hydrogens is 380 g/mol. The van der Waals surface area contributed by atoms with Crippen molar-refractivity contribution < 1.29 is 0 Å². The third-order valence-electron chi connectivity index (χ3n) is 4.99. The lowest BCUT2D eigenvalue weighted by molar-refractivity contribution is 0.563. The molecule has 1 unspecified atom stereocenters. The fraction of sp³-hybridized carbons (Fsp3) is 0.625. The first-order valence-electron chi connectivity index (χ1n) is 11.2. The SMILES string of the molecule is CCCCCCCCCCCCSC(CCn1ccnc1)Sc1ccccc1. The van der Waals surface area contributed by atoms with Gasteiger partial charge in [-0.25, -0.2) is 4.98 Å². The third kappa shape index (κ3) is 11.2. The highest BCUT2D eigenvalue weighted by Gasteiger charge is 2.11. The molecule has 2 aromatic rings. The molecule has 0 N–H and O–H groups in total. The van der Waals surface area contributed by atoms with Crippen LogP contribution in [-0.2, 0) is 6.54 Å². The second-order valence-corrected chi connectivity index (χ2v) is 10.4. The summed E-state index contributed by atoms with van der Waals surface area (Å²) in [5, 5.41) is 0. The average molecular weight is 419 g/mol. The molecule has 0 aliphatic carbocycles. The summed E-state index contributed by atoms with van der Waals surface area (Å²) in [6.07, 6.45) is 21.2. The summed E-state index contributed by atoms with van der Waals surface area (Å²) in [5.74, 6) is 1.28. The molecule has 0 spiro atoms. The molecule has 1 atom stereocenters. The van der Waals surface area contributed by atoms with Gasteiger partial charge < -0.3 is 4.57 Å². The molecule has 2 nitrogen and oxygen atoms in total. The minimum absolute atomic E-state index is 0.614. The topological polar surface area (TPSA) is 17.8 Å². The minimum Gasteiger partial charge on any atom is -0.337 e. The van der Waals surface area contributed by atoms with Crippen molar-refractivity contribution in [1.82, 2.24) is 9.55 Å². The first-order chi connectivity index (χ1) is 13.9. The molecule has 0 amide bonds. The number of imidazole rings is 1. The van der Waals surface area contributed by atoms with E-state index in [9.17, 15) is 0 Å². The second-order valence-electron chi connectivity index (χ2n) is 7.50. The first kappa shape index (κ1) is 23.4. The Morgan fingerprint density at radius 2 is 1.57 bits per heavy atom. The van der Waals surface area contributed by atoms with E-state index >= 15 is 0 Å². The molecule has 0 saturated heterocycles. The number of hydrogen-bond acceptors (Lipinski definition) is 3. The maximum absolute atomic E-state index is 4.17. The number of aryl methyl sites for hydroxylation is 1. The van der Waals surface area contributed by atoms with Crippen LogP contribution in [0.2, 0.25) is 0 Å². The lowest BCUT2D eigenvalue weighted by atomic mass is 10.1. The van der Waals surface area contributed by atoms with Crippen LogP contribution in [-0.4, -0.2) is 19.9 Å². The minimum atomic E-state index is 0.614. The van der Waals surface area contributed by atoms with Gasteiger partial charge in [0.05, 0.1) is 10.9 Å². The summed E-state index contributed by atoms with van der Waals surface area (Å²) in [5.41, 5.74) is 0. The molecule has 1 aromatic heterocycles. The Balaban J connectivity index is 1.57. The molecule has 2 rings (SSSR count). The van der Waals surface area contributed by atoms with E-state index in [2.05, 4.69) is 64.8 Å². The van der Waals surface area contributed by atoms with Crippen molar-refractivity contribution in [1.29, 1.82) is 0 Å². The predicted molar refractivity (Wildman–Crippen MR) is 127 cm³/mol. The fourth-order valence-corrected chi connectivity index (χ4v) is 5.95. The zero-order valence-corrected chi connectivity index (χ0v) is 19.2. The van der Waals surface area contributed by atoms with Gasteiger partial charge in [-0.3, -0.25) is 0 Å². The van der Waals surface area contributed by atoms with E-state index in [4.69, 9.17) is 0 Å². The Labute approximate surface area is 181 Å². The predicted octanol–water partition coefficient (Wildman–Crippen LogP) is 8.05. The average Bonchev–Trinajstić information content (AvgIpc) is 3.24. The summed E-state index contributed by atoms with van der Waals surface area (Å²) in [6, 6.07) is 10.8. The fourth-order valence-electron chi connectivity index (χ4n) is 3.30. The Morgan fingerprint density at radius 1 is 0.893 bits per heavy atom. The molecule has 156 valence electrons. The van der Waals surface area contributed by atoms with Gasteiger partial charge in [0.25, 0.3) is 0 Å². The Kier molecular flexibility index (Phi) is 13.4. The molecule has 28 heavy (non-hydrogen) atoms. The largest absolute Gasteiger partial charge is 0.337 e. The smallest absolute Gasteiger partial charge is 0.0945 e. The van der Waals surface area contributed by atoms with Crippen LogP contribution in [0.4, 0.5) is 0 Å². The lowest BCUT2D eigenvalue weighted by Gasteiger charge is -2.16. The van der Waals surface area contributed by atoms with Crippen LogP contribution in [0.5, 0.6) is 0 Å². The van der Waals surface area contributed by atoms with Crippen molar-refractivity contribution in [2.45, 2.75) is 93.6 Å². The van der Waals surface area contributed by atoms with E-state index in [-0.39, 0.29) is 0 Å². The van der Waals surface area contributed by atoms with Crippen LogP contribution in [0.25, 0.3) is 0 Å². The maximum atomic E-state index is 4.17. The van der Waals surface area contributed by atoms with Crippen molar-refractivity contribution in [3.63, 3.8) is 0 Å². The Morgan fingerprint density at radius 3 is 2.21 bits per heavy atom. The van der Waals surface area contributed by atoms with Gasteiger partial charge in [0.15, 0.2) is 0 Å². The van der Waals surface area contributed by atoms with Gasteiger partial charge in [0.1, 0.15) is 0 Å². The number of rotatable bonds is 17.